The number of aromatic nitrogens is 1. The van der Waals surface area contributed by atoms with Crippen molar-refractivity contribution in [2.45, 2.75) is 13.8 Å². The number of carbonyl (C=O) groups excluding carboxylic acids is 1. The molecule has 0 atom stereocenters. The number of anilines is 1. The predicted molar refractivity (Wildman–Crippen MR) is 41.6 cm³/mol. The Kier molecular flexibility index (Phi) is 2.32. The average Bonchev–Trinajstić information content (AvgIpc) is 2.34. The van der Waals surface area contributed by atoms with E-state index in [-0.39, 0.29) is 11.6 Å². The molecule has 0 spiro atoms. The smallest absolute Gasteiger partial charge is 0.360 e. The lowest BCUT2D eigenvalue weighted by Gasteiger charge is -1.96. The van der Waals surface area contributed by atoms with Crippen molar-refractivity contribution < 1.29 is 14.1 Å². The minimum atomic E-state index is -0.504. The summed E-state index contributed by atoms with van der Waals surface area (Å²) < 4.78 is 9.29. The average molecular weight is 170 g/mol. The quantitative estimate of drug-likeness (QED) is 0.662. The molecule has 0 aliphatic carbocycles. The van der Waals surface area contributed by atoms with Crippen LogP contribution >= 0.6 is 0 Å². The molecule has 0 amide bonds. The Morgan fingerprint density at radius 2 is 2.42 bits per heavy atom. The third-order valence-corrected chi connectivity index (χ3v) is 1.43. The molecule has 0 saturated heterocycles. The molecule has 0 aliphatic rings. The maximum Gasteiger partial charge on any atom is 0.360 e. The molecule has 5 heteroatoms. The van der Waals surface area contributed by atoms with E-state index < -0.39 is 5.97 Å². The third-order valence-electron chi connectivity index (χ3n) is 1.43. The highest BCUT2D eigenvalue weighted by molar-refractivity contribution is 5.89. The third kappa shape index (κ3) is 1.39. The van der Waals surface area contributed by atoms with Gasteiger partial charge in [0, 0.05) is 5.56 Å². The zero-order valence-corrected chi connectivity index (χ0v) is 6.96. The summed E-state index contributed by atoms with van der Waals surface area (Å²) in [6, 6.07) is 0. The van der Waals surface area contributed by atoms with E-state index in [0.29, 0.717) is 12.2 Å². The van der Waals surface area contributed by atoms with Crippen LogP contribution in [0.2, 0.25) is 0 Å². The molecule has 1 rings (SSSR count). The normalized spacial score (nSPS) is 9.83. The Balaban J connectivity index is 2.88. The molecule has 66 valence electrons. The monoisotopic (exact) mass is 170 g/mol. The molecule has 0 aliphatic heterocycles. The summed E-state index contributed by atoms with van der Waals surface area (Å²) in [7, 11) is 0. The summed E-state index contributed by atoms with van der Waals surface area (Å²) in [5, 5.41) is 3.46. The van der Waals surface area contributed by atoms with E-state index in [1.165, 1.54) is 0 Å². The van der Waals surface area contributed by atoms with Crippen molar-refractivity contribution >= 4 is 11.9 Å². The van der Waals surface area contributed by atoms with E-state index >= 15 is 0 Å². The summed E-state index contributed by atoms with van der Waals surface area (Å²) in [4.78, 5) is 11.1. The Bertz CT molecular complexity index is 293. The minimum Gasteiger partial charge on any atom is -0.461 e. The molecule has 12 heavy (non-hydrogen) atoms. The molecule has 5 nitrogen and oxygen atoms in total. The predicted octanol–water partition coefficient (Wildman–Crippen LogP) is 0.742. The summed E-state index contributed by atoms with van der Waals surface area (Å²) >= 11 is 0. The van der Waals surface area contributed by atoms with Crippen LogP contribution in [-0.2, 0) is 4.74 Å². The first kappa shape index (κ1) is 8.58. The standard InChI is InChI=1S/C7H10N2O3/c1-3-11-7(10)5-4(2)6(8)12-9-5/h3,8H2,1-2H3. The van der Waals surface area contributed by atoms with Gasteiger partial charge in [-0.15, -0.1) is 0 Å². The zero-order chi connectivity index (χ0) is 9.14. The van der Waals surface area contributed by atoms with Gasteiger partial charge in [0.15, 0.2) is 5.69 Å². The molecule has 1 aromatic heterocycles. The van der Waals surface area contributed by atoms with Crippen LogP contribution in [0, 0.1) is 6.92 Å². The van der Waals surface area contributed by atoms with Crippen molar-refractivity contribution in [3.05, 3.63) is 11.3 Å². The van der Waals surface area contributed by atoms with Crippen molar-refractivity contribution in [2.24, 2.45) is 0 Å². The Hall–Kier alpha value is -1.52. The Labute approximate surface area is 69.5 Å². The minimum absolute atomic E-state index is 0.148. The van der Waals surface area contributed by atoms with Gasteiger partial charge in [-0.05, 0) is 13.8 Å². The fourth-order valence-corrected chi connectivity index (χ4v) is 0.738. The second kappa shape index (κ2) is 3.25. The highest BCUT2D eigenvalue weighted by atomic mass is 16.5. The van der Waals surface area contributed by atoms with E-state index in [0.717, 1.165) is 0 Å². The highest BCUT2D eigenvalue weighted by Crippen LogP contribution is 2.14. The fraction of sp³-hybridized carbons (Fsp3) is 0.429. The van der Waals surface area contributed by atoms with E-state index in [2.05, 4.69) is 9.68 Å². The second-order valence-electron chi connectivity index (χ2n) is 2.24. The Morgan fingerprint density at radius 1 is 1.75 bits per heavy atom. The van der Waals surface area contributed by atoms with Gasteiger partial charge in [-0.1, -0.05) is 5.16 Å². The van der Waals surface area contributed by atoms with Gasteiger partial charge in [0.25, 0.3) is 0 Å². The fourth-order valence-electron chi connectivity index (χ4n) is 0.738. The van der Waals surface area contributed by atoms with Crippen LogP contribution in [0.5, 0.6) is 0 Å². The first-order valence-corrected chi connectivity index (χ1v) is 3.55. The van der Waals surface area contributed by atoms with Crippen LogP contribution in [0.4, 0.5) is 5.88 Å². The zero-order valence-electron chi connectivity index (χ0n) is 6.96. The van der Waals surface area contributed by atoms with Gasteiger partial charge in [-0.3, -0.25) is 0 Å². The van der Waals surface area contributed by atoms with Gasteiger partial charge in [0.05, 0.1) is 6.61 Å². The van der Waals surface area contributed by atoms with Crippen molar-refractivity contribution in [2.75, 3.05) is 12.3 Å². The maximum atomic E-state index is 11.1. The van der Waals surface area contributed by atoms with Gasteiger partial charge in [-0.25, -0.2) is 4.79 Å². The van der Waals surface area contributed by atoms with Crippen LogP contribution in [0.15, 0.2) is 4.52 Å². The number of carbonyl (C=O) groups is 1. The van der Waals surface area contributed by atoms with Gasteiger partial charge >= 0.3 is 5.97 Å². The van der Waals surface area contributed by atoms with Crippen molar-refractivity contribution in [1.29, 1.82) is 0 Å². The van der Waals surface area contributed by atoms with E-state index in [1.807, 2.05) is 0 Å². The van der Waals surface area contributed by atoms with Crippen LogP contribution < -0.4 is 5.73 Å². The van der Waals surface area contributed by atoms with Crippen molar-refractivity contribution in [1.82, 2.24) is 5.16 Å². The summed E-state index contributed by atoms with van der Waals surface area (Å²) in [5.41, 5.74) is 6.01. The second-order valence-corrected chi connectivity index (χ2v) is 2.24. The number of hydrogen-bond donors (Lipinski definition) is 1. The number of esters is 1. The SMILES string of the molecule is CCOC(=O)c1noc(N)c1C. The summed E-state index contributed by atoms with van der Waals surface area (Å²) in [6.07, 6.45) is 0. The molecule has 0 saturated carbocycles. The van der Waals surface area contributed by atoms with Crippen LogP contribution in [0.1, 0.15) is 23.0 Å². The van der Waals surface area contributed by atoms with Crippen LogP contribution in [-0.4, -0.2) is 17.7 Å². The topological polar surface area (TPSA) is 78.3 Å². The van der Waals surface area contributed by atoms with Crippen LogP contribution in [0.25, 0.3) is 0 Å². The highest BCUT2D eigenvalue weighted by Gasteiger charge is 2.17. The summed E-state index contributed by atoms with van der Waals surface area (Å²) in [6.45, 7) is 3.68. The first-order chi connectivity index (χ1) is 5.66. The van der Waals surface area contributed by atoms with Crippen molar-refractivity contribution in [3.8, 4) is 0 Å². The number of hydrogen-bond acceptors (Lipinski definition) is 5. The molecule has 0 radical (unpaired) electrons. The van der Waals surface area contributed by atoms with Crippen LogP contribution in [0.3, 0.4) is 0 Å². The lowest BCUT2D eigenvalue weighted by molar-refractivity contribution is 0.0514. The Morgan fingerprint density at radius 3 is 2.83 bits per heavy atom. The van der Waals surface area contributed by atoms with E-state index in [9.17, 15) is 4.79 Å². The first-order valence-electron chi connectivity index (χ1n) is 3.55. The largest absolute Gasteiger partial charge is 0.461 e. The van der Waals surface area contributed by atoms with E-state index in [1.54, 1.807) is 13.8 Å². The molecule has 0 aromatic carbocycles. The molecule has 0 fully saturated rings. The molecule has 2 N–H and O–H groups in total. The van der Waals surface area contributed by atoms with Gasteiger partial charge < -0.3 is 15.0 Å². The lowest BCUT2D eigenvalue weighted by atomic mass is 10.2. The number of nitrogens with two attached hydrogens (primary N) is 1. The number of nitrogen functional groups attached to an aromatic ring is 1. The van der Waals surface area contributed by atoms with E-state index in [4.69, 9.17) is 10.5 Å². The summed E-state index contributed by atoms with van der Waals surface area (Å²) in [5.74, 6) is -0.353. The number of rotatable bonds is 2. The van der Waals surface area contributed by atoms with Gasteiger partial charge in [-0.2, -0.15) is 0 Å². The molecule has 1 heterocycles. The van der Waals surface area contributed by atoms with Gasteiger partial charge in [0.1, 0.15) is 0 Å². The molecule has 0 unspecified atom stereocenters. The number of ether oxygens (including phenoxy) is 1. The molecular formula is C7H10N2O3. The molecule has 1 aromatic rings. The number of nitrogens with zero attached hydrogens (tertiary/aromatic N) is 1. The molecular weight excluding hydrogens is 160 g/mol. The van der Waals surface area contributed by atoms with Gasteiger partial charge in [0.2, 0.25) is 5.88 Å². The maximum absolute atomic E-state index is 11.1. The van der Waals surface area contributed by atoms with Crippen molar-refractivity contribution in [3.63, 3.8) is 0 Å². The lowest BCUT2D eigenvalue weighted by Crippen LogP contribution is -2.06. The molecule has 0 bridgehead atoms.